The molecule has 0 N–H and O–H groups in total. The van der Waals surface area contributed by atoms with Crippen molar-refractivity contribution in [3.05, 3.63) is 29.3 Å². The van der Waals surface area contributed by atoms with Crippen LogP contribution < -0.4 is 4.74 Å². The molecule has 24 heavy (non-hydrogen) atoms. The van der Waals surface area contributed by atoms with Crippen molar-refractivity contribution in [3.8, 4) is 5.75 Å². The van der Waals surface area contributed by atoms with Crippen LogP contribution in [0.3, 0.4) is 0 Å². The standard InChI is InChI=1S/C20H28O4/c1-3-5-7-8-9-10-18(22)16-12-13-19(17(14-16)15-21)24-20(23)11-6-4-2/h12-15H,3-11H2,1-2H3. The van der Waals surface area contributed by atoms with Crippen molar-refractivity contribution in [2.45, 2.75) is 71.6 Å². The van der Waals surface area contributed by atoms with Crippen LogP contribution in [0.1, 0.15) is 92.4 Å². The fourth-order valence-electron chi connectivity index (χ4n) is 2.44. The predicted octanol–water partition coefficient (Wildman–Crippen LogP) is 5.14. The number of aldehydes is 1. The lowest BCUT2D eigenvalue weighted by Gasteiger charge is -2.08. The van der Waals surface area contributed by atoms with Gasteiger partial charge in [0.15, 0.2) is 12.1 Å². The highest BCUT2D eigenvalue weighted by Crippen LogP contribution is 2.21. The summed E-state index contributed by atoms with van der Waals surface area (Å²) in [6, 6.07) is 4.69. The topological polar surface area (TPSA) is 60.4 Å². The summed E-state index contributed by atoms with van der Waals surface area (Å²) in [6.45, 7) is 4.15. The van der Waals surface area contributed by atoms with E-state index in [9.17, 15) is 14.4 Å². The van der Waals surface area contributed by atoms with Crippen molar-refractivity contribution >= 4 is 18.0 Å². The van der Waals surface area contributed by atoms with Gasteiger partial charge in [-0.1, -0.05) is 46.0 Å². The Morgan fingerprint density at radius 2 is 1.67 bits per heavy atom. The number of Topliss-reactive ketones (excluding diaryl/α,β-unsaturated/α-hetero) is 1. The Balaban J connectivity index is 2.63. The van der Waals surface area contributed by atoms with E-state index in [1.54, 1.807) is 6.07 Å². The molecule has 0 aliphatic carbocycles. The maximum atomic E-state index is 12.2. The number of ether oxygens (including phenoxy) is 1. The first kappa shape index (κ1) is 20.1. The average Bonchev–Trinajstić information content (AvgIpc) is 2.59. The van der Waals surface area contributed by atoms with Crippen molar-refractivity contribution in [2.75, 3.05) is 0 Å². The van der Waals surface area contributed by atoms with E-state index in [0.717, 1.165) is 32.1 Å². The number of benzene rings is 1. The van der Waals surface area contributed by atoms with Gasteiger partial charge in [-0.25, -0.2) is 0 Å². The summed E-state index contributed by atoms with van der Waals surface area (Å²) in [5.41, 5.74) is 0.748. The summed E-state index contributed by atoms with van der Waals surface area (Å²) < 4.78 is 5.22. The van der Waals surface area contributed by atoms with Gasteiger partial charge in [0.1, 0.15) is 5.75 Å². The van der Waals surface area contributed by atoms with Gasteiger partial charge in [-0.3, -0.25) is 14.4 Å². The lowest BCUT2D eigenvalue weighted by molar-refractivity contribution is -0.134. The Bertz CT molecular complexity index is 549. The van der Waals surface area contributed by atoms with E-state index in [2.05, 4.69) is 6.92 Å². The monoisotopic (exact) mass is 332 g/mol. The molecule has 1 rings (SSSR count). The normalized spacial score (nSPS) is 10.4. The quantitative estimate of drug-likeness (QED) is 0.175. The number of rotatable bonds is 12. The van der Waals surface area contributed by atoms with Crippen LogP contribution in [0, 0.1) is 0 Å². The number of ketones is 1. The molecule has 0 atom stereocenters. The minimum absolute atomic E-state index is 0.0263. The molecule has 0 spiro atoms. The molecule has 0 radical (unpaired) electrons. The summed E-state index contributed by atoms with van der Waals surface area (Å²) in [7, 11) is 0. The van der Waals surface area contributed by atoms with E-state index in [4.69, 9.17) is 4.74 Å². The van der Waals surface area contributed by atoms with Gasteiger partial charge >= 0.3 is 5.97 Å². The van der Waals surface area contributed by atoms with Crippen LogP contribution in [0.4, 0.5) is 0 Å². The Morgan fingerprint density at radius 1 is 0.958 bits per heavy atom. The molecule has 1 aromatic rings. The third-order valence-electron chi connectivity index (χ3n) is 3.92. The summed E-state index contributed by atoms with van der Waals surface area (Å²) in [5.74, 6) is -0.0981. The largest absolute Gasteiger partial charge is 0.426 e. The summed E-state index contributed by atoms with van der Waals surface area (Å²) in [6.07, 6.45) is 8.53. The molecule has 0 fully saturated rings. The minimum Gasteiger partial charge on any atom is -0.426 e. The SMILES string of the molecule is CCCCCCCC(=O)c1ccc(OC(=O)CCCC)c(C=O)c1. The zero-order valence-corrected chi connectivity index (χ0v) is 14.8. The number of hydrogen-bond acceptors (Lipinski definition) is 4. The van der Waals surface area contributed by atoms with Crippen LogP contribution in [-0.4, -0.2) is 18.0 Å². The Hall–Kier alpha value is -1.97. The van der Waals surface area contributed by atoms with Gasteiger partial charge in [-0.05, 0) is 31.0 Å². The van der Waals surface area contributed by atoms with Crippen LogP contribution in [0.25, 0.3) is 0 Å². The maximum absolute atomic E-state index is 12.2. The maximum Gasteiger partial charge on any atom is 0.311 e. The molecule has 0 aliphatic heterocycles. The Morgan fingerprint density at radius 3 is 2.33 bits per heavy atom. The average molecular weight is 332 g/mol. The summed E-state index contributed by atoms with van der Waals surface area (Å²) >= 11 is 0. The number of carbonyl (C=O) groups is 3. The zero-order chi connectivity index (χ0) is 17.8. The molecule has 0 saturated heterocycles. The highest BCUT2D eigenvalue weighted by Gasteiger charge is 2.13. The van der Waals surface area contributed by atoms with Crippen LogP contribution in [-0.2, 0) is 4.79 Å². The minimum atomic E-state index is -0.352. The first-order valence-corrected chi connectivity index (χ1v) is 8.95. The number of carbonyl (C=O) groups excluding carboxylic acids is 3. The first-order chi connectivity index (χ1) is 11.6. The molecule has 132 valence electrons. The second kappa shape index (κ2) is 11.5. The lowest BCUT2D eigenvalue weighted by atomic mass is 10.0. The van der Waals surface area contributed by atoms with Gasteiger partial charge < -0.3 is 4.74 Å². The van der Waals surface area contributed by atoms with E-state index in [1.165, 1.54) is 25.0 Å². The molecule has 0 heterocycles. The molecule has 0 aliphatic rings. The zero-order valence-electron chi connectivity index (χ0n) is 14.8. The molecule has 0 aromatic heterocycles. The van der Waals surface area contributed by atoms with Gasteiger partial charge in [0.2, 0.25) is 0 Å². The third kappa shape index (κ3) is 7.07. The molecule has 4 heteroatoms. The number of hydrogen-bond donors (Lipinski definition) is 0. The second-order valence-corrected chi connectivity index (χ2v) is 6.04. The van der Waals surface area contributed by atoms with Crippen molar-refractivity contribution in [1.82, 2.24) is 0 Å². The second-order valence-electron chi connectivity index (χ2n) is 6.04. The van der Waals surface area contributed by atoms with Crippen LogP contribution in [0.5, 0.6) is 5.75 Å². The summed E-state index contributed by atoms with van der Waals surface area (Å²) in [4.78, 5) is 35.1. The van der Waals surface area contributed by atoms with E-state index in [0.29, 0.717) is 24.7 Å². The van der Waals surface area contributed by atoms with E-state index < -0.39 is 0 Å². The van der Waals surface area contributed by atoms with E-state index in [1.807, 2.05) is 6.92 Å². The molecule has 0 amide bonds. The lowest BCUT2D eigenvalue weighted by Crippen LogP contribution is -2.09. The van der Waals surface area contributed by atoms with E-state index in [-0.39, 0.29) is 23.1 Å². The highest BCUT2D eigenvalue weighted by atomic mass is 16.5. The van der Waals surface area contributed by atoms with Crippen molar-refractivity contribution in [1.29, 1.82) is 0 Å². The van der Waals surface area contributed by atoms with Gasteiger partial charge in [-0.15, -0.1) is 0 Å². The van der Waals surface area contributed by atoms with Crippen LogP contribution in [0.15, 0.2) is 18.2 Å². The molecular formula is C20H28O4. The Labute approximate surface area is 144 Å². The molecule has 0 unspecified atom stereocenters. The highest BCUT2D eigenvalue weighted by molar-refractivity contribution is 5.98. The van der Waals surface area contributed by atoms with Gasteiger partial charge in [0.05, 0.1) is 5.56 Å². The molecular weight excluding hydrogens is 304 g/mol. The fraction of sp³-hybridized carbons (Fsp3) is 0.550. The smallest absolute Gasteiger partial charge is 0.311 e. The van der Waals surface area contributed by atoms with Crippen molar-refractivity contribution in [3.63, 3.8) is 0 Å². The van der Waals surface area contributed by atoms with Gasteiger partial charge in [0, 0.05) is 18.4 Å². The van der Waals surface area contributed by atoms with Gasteiger partial charge in [-0.2, -0.15) is 0 Å². The molecule has 4 nitrogen and oxygen atoms in total. The fourth-order valence-corrected chi connectivity index (χ4v) is 2.44. The van der Waals surface area contributed by atoms with Gasteiger partial charge in [0.25, 0.3) is 0 Å². The summed E-state index contributed by atoms with van der Waals surface area (Å²) in [5, 5.41) is 0. The van der Waals surface area contributed by atoms with Crippen LogP contribution >= 0.6 is 0 Å². The number of esters is 1. The van der Waals surface area contributed by atoms with Crippen molar-refractivity contribution < 1.29 is 19.1 Å². The first-order valence-electron chi connectivity index (χ1n) is 8.95. The number of unbranched alkanes of at least 4 members (excludes halogenated alkanes) is 5. The Kier molecular flexibility index (Phi) is 9.66. The molecule has 1 aromatic carbocycles. The van der Waals surface area contributed by atoms with E-state index >= 15 is 0 Å². The molecule has 0 bridgehead atoms. The van der Waals surface area contributed by atoms with Crippen molar-refractivity contribution in [2.24, 2.45) is 0 Å². The molecule has 0 saturated carbocycles. The predicted molar refractivity (Wildman–Crippen MR) is 94.7 cm³/mol. The van der Waals surface area contributed by atoms with Crippen LogP contribution in [0.2, 0.25) is 0 Å². The third-order valence-corrected chi connectivity index (χ3v) is 3.92.